The molecule has 0 saturated heterocycles. The summed E-state index contributed by atoms with van der Waals surface area (Å²) in [6, 6.07) is 0. The van der Waals surface area contributed by atoms with Gasteiger partial charge in [-0.1, -0.05) is 19.4 Å². The Hall–Kier alpha value is -0.300. The van der Waals surface area contributed by atoms with Crippen molar-refractivity contribution < 1.29 is 0 Å². The Balaban J connectivity index is 0. The first-order valence-electron chi connectivity index (χ1n) is 4.12. The number of hydrogen-bond acceptors (Lipinski definition) is 1. The Labute approximate surface area is 65.3 Å². The van der Waals surface area contributed by atoms with Crippen molar-refractivity contribution in [1.82, 2.24) is 0 Å². The summed E-state index contributed by atoms with van der Waals surface area (Å²) in [4.78, 5) is 0. The third-order valence-electron chi connectivity index (χ3n) is 1.06. The van der Waals surface area contributed by atoms with Gasteiger partial charge in [-0.15, -0.1) is 6.58 Å². The Morgan fingerprint density at radius 3 is 2.10 bits per heavy atom. The molecule has 0 aliphatic carbocycles. The first-order chi connectivity index (χ1) is 4.77. The van der Waals surface area contributed by atoms with Crippen LogP contribution in [-0.4, -0.2) is 6.54 Å². The minimum absolute atomic E-state index is 0.813. The number of rotatable bonds is 4. The van der Waals surface area contributed by atoms with Gasteiger partial charge in [0, 0.05) is 0 Å². The quantitative estimate of drug-likeness (QED) is 0.475. The van der Waals surface area contributed by atoms with Crippen LogP contribution in [0.5, 0.6) is 0 Å². The summed E-state index contributed by atoms with van der Waals surface area (Å²) in [7, 11) is 0. The van der Waals surface area contributed by atoms with E-state index in [2.05, 4.69) is 13.5 Å². The van der Waals surface area contributed by atoms with Gasteiger partial charge >= 0.3 is 0 Å². The minimum Gasteiger partial charge on any atom is -0.330 e. The van der Waals surface area contributed by atoms with Crippen molar-refractivity contribution in [2.45, 2.75) is 40.0 Å². The smallest absolute Gasteiger partial charge is 0.00772 e. The van der Waals surface area contributed by atoms with E-state index >= 15 is 0 Å². The Kier molecular flexibility index (Phi) is 14.2. The van der Waals surface area contributed by atoms with Crippen molar-refractivity contribution >= 4 is 0 Å². The van der Waals surface area contributed by atoms with Crippen LogP contribution < -0.4 is 5.73 Å². The summed E-state index contributed by atoms with van der Waals surface area (Å²) < 4.78 is 0. The number of allylic oxidation sites excluding steroid dienone is 1. The molecule has 0 aliphatic rings. The topological polar surface area (TPSA) is 26.0 Å². The van der Waals surface area contributed by atoms with E-state index in [1.165, 1.54) is 12.0 Å². The molecule has 0 atom stereocenters. The average Bonchev–Trinajstić information content (AvgIpc) is 1.92. The maximum absolute atomic E-state index is 5.29. The van der Waals surface area contributed by atoms with E-state index in [0.717, 1.165) is 19.4 Å². The van der Waals surface area contributed by atoms with Crippen LogP contribution in [0.25, 0.3) is 0 Å². The molecule has 0 heterocycles. The second-order valence-electron chi connectivity index (χ2n) is 2.20. The lowest BCUT2D eigenvalue weighted by Gasteiger charge is -1.94. The molecule has 0 bridgehead atoms. The van der Waals surface area contributed by atoms with Crippen LogP contribution in [-0.2, 0) is 0 Å². The van der Waals surface area contributed by atoms with E-state index in [0.29, 0.717) is 0 Å². The number of nitrogens with two attached hydrogens (primary N) is 1. The molecule has 0 aromatic heterocycles. The lowest BCUT2D eigenvalue weighted by molar-refractivity contribution is 0.741. The molecule has 0 aromatic rings. The number of unbranched alkanes of at least 4 members (excludes halogenated alkanes) is 1. The fraction of sp³-hybridized carbons (Fsp3) is 0.778. The van der Waals surface area contributed by atoms with Crippen molar-refractivity contribution in [3.63, 3.8) is 0 Å². The predicted molar refractivity (Wildman–Crippen MR) is 49.1 cm³/mol. The van der Waals surface area contributed by atoms with Crippen LogP contribution >= 0.6 is 0 Å². The highest BCUT2D eigenvalue weighted by Gasteiger charge is 1.84. The van der Waals surface area contributed by atoms with Gasteiger partial charge < -0.3 is 5.73 Å². The Morgan fingerprint density at radius 2 is 1.80 bits per heavy atom. The average molecular weight is 143 g/mol. The lowest BCUT2D eigenvalue weighted by atomic mass is 10.1. The van der Waals surface area contributed by atoms with Crippen LogP contribution in [0.3, 0.4) is 0 Å². The zero-order valence-electron chi connectivity index (χ0n) is 7.61. The molecule has 1 nitrogen and oxygen atoms in total. The lowest BCUT2D eigenvalue weighted by Crippen LogP contribution is -1.97. The molecule has 0 amide bonds. The monoisotopic (exact) mass is 143 g/mol. The van der Waals surface area contributed by atoms with Crippen LogP contribution in [0.4, 0.5) is 0 Å². The standard InChI is InChI=1S/C7H15N.C2H6/c1-7(2)5-3-4-6-8;1-2/h1,3-6,8H2,2H3;1-2H3. The molecule has 10 heavy (non-hydrogen) atoms. The summed E-state index contributed by atoms with van der Waals surface area (Å²) in [6.45, 7) is 10.7. The highest BCUT2D eigenvalue weighted by molar-refractivity contribution is 4.86. The van der Waals surface area contributed by atoms with Gasteiger partial charge in [0.25, 0.3) is 0 Å². The van der Waals surface area contributed by atoms with E-state index in [9.17, 15) is 0 Å². The second kappa shape index (κ2) is 11.5. The zero-order valence-corrected chi connectivity index (χ0v) is 7.61. The van der Waals surface area contributed by atoms with Crippen molar-refractivity contribution in [2.75, 3.05) is 6.54 Å². The Bertz CT molecular complexity index is 67.1. The maximum atomic E-state index is 5.29. The molecule has 1 heteroatoms. The van der Waals surface area contributed by atoms with Crippen LogP contribution in [0, 0.1) is 0 Å². The van der Waals surface area contributed by atoms with Gasteiger partial charge in [-0.3, -0.25) is 0 Å². The molecule has 0 fully saturated rings. The maximum Gasteiger partial charge on any atom is -0.00772 e. The van der Waals surface area contributed by atoms with Gasteiger partial charge in [0.15, 0.2) is 0 Å². The molecule has 2 N–H and O–H groups in total. The van der Waals surface area contributed by atoms with Crippen molar-refractivity contribution in [3.05, 3.63) is 12.2 Å². The Morgan fingerprint density at radius 1 is 1.30 bits per heavy atom. The highest BCUT2D eigenvalue weighted by atomic mass is 14.5. The largest absolute Gasteiger partial charge is 0.330 e. The molecular weight excluding hydrogens is 122 g/mol. The molecule has 0 aliphatic heterocycles. The third-order valence-corrected chi connectivity index (χ3v) is 1.06. The van der Waals surface area contributed by atoms with Crippen molar-refractivity contribution in [1.29, 1.82) is 0 Å². The molecule has 0 saturated carbocycles. The van der Waals surface area contributed by atoms with Gasteiger partial charge in [0.1, 0.15) is 0 Å². The van der Waals surface area contributed by atoms with E-state index in [4.69, 9.17) is 5.73 Å². The summed E-state index contributed by atoms with van der Waals surface area (Å²) in [5.41, 5.74) is 6.55. The van der Waals surface area contributed by atoms with E-state index in [1.807, 2.05) is 13.8 Å². The minimum atomic E-state index is 0.813. The van der Waals surface area contributed by atoms with E-state index in [1.54, 1.807) is 0 Å². The van der Waals surface area contributed by atoms with Gasteiger partial charge in [-0.2, -0.15) is 0 Å². The third kappa shape index (κ3) is 15.6. The van der Waals surface area contributed by atoms with Gasteiger partial charge in [-0.25, -0.2) is 0 Å². The molecular formula is C9H21N. The molecule has 0 unspecified atom stereocenters. The second-order valence-corrected chi connectivity index (χ2v) is 2.20. The fourth-order valence-corrected chi connectivity index (χ4v) is 0.571. The summed E-state index contributed by atoms with van der Waals surface area (Å²) >= 11 is 0. The molecule has 0 spiro atoms. The normalized spacial score (nSPS) is 8.00. The van der Waals surface area contributed by atoms with Crippen molar-refractivity contribution in [2.24, 2.45) is 5.73 Å². The van der Waals surface area contributed by atoms with Crippen LogP contribution in [0.15, 0.2) is 12.2 Å². The molecule has 0 rings (SSSR count). The zero-order chi connectivity index (χ0) is 8.41. The van der Waals surface area contributed by atoms with Crippen LogP contribution in [0.2, 0.25) is 0 Å². The predicted octanol–water partition coefficient (Wildman–Crippen LogP) is 2.72. The molecule has 0 radical (unpaired) electrons. The summed E-state index contributed by atoms with van der Waals surface area (Å²) in [6.07, 6.45) is 3.47. The van der Waals surface area contributed by atoms with Gasteiger partial charge in [0.05, 0.1) is 0 Å². The molecule has 0 aromatic carbocycles. The summed E-state index contributed by atoms with van der Waals surface area (Å²) in [5.74, 6) is 0. The first-order valence-corrected chi connectivity index (χ1v) is 4.12. The SMILES string of the molecule is C=C(C)CCCCN.CC. The van der Waals surface area contributed by atoms with E-state index < -0.39 is 0 Å². The first kappa shape index (κ1) is 12.4. The van der Waals surface area contributed by atoms with Crippen LogP contribution in [0.1, 0.15) is 40.0 Å². The van der Waals surface area contributed by atoms with E-state index in [-0.39, 0.29) is 0 Å². The molecule has 62 valence electrons. The summed E-state index contributed by atoms with van der Waals surface area (Å²) in [5, 5.41) is 0. The van der Waals surface area contributed by atoms with Gasteiger partial charge in [-0.05, 0) is 32.7 Å². The van der Waals surface area contributed by atoms with Gasteiger partial charge in [0.2, 0.25) is 0 Å². The van der Waals surface area contributed by atoms with Crippen molar-refractivity contribution in [3.8, 4) is 0 Å². The highest BCUT2D eigenvalue weighted by Crippen LogP contribution is 2.01. The number of hydrogen-bond donors (Lipinski definition) is 1. The fourth-order valence-electron chi connectivity index (χ4n) is 0.571.